The van der Waals surface area contributed by atoms with E-state index in [-0.39, 0.29) is 36.5 Å². The highest BCUT2D eigenvalue weighted by Crippen LogP contribution is 2.30. The number of nitrogens with one attached hydrogen (secondary N) is 1. The molecule has 0 radical (unpaired) electrons. The Bertz CT molecular complexity index is 791. The molecule has 1 saturated heterocycles. The van der Waals surface area contributed by atoms with Crippen molar-refractivity contribution in [1.82, 2.24) is 9.80 Å². The third-order valence-electron chi connectivity index (χ3n) is 5.40. The van der Waals surface area contributed by atoms with Crippen LogP contribution in [0.3, 0.4) is 0 Å². The summed E-state index contributed by atoms with van der Waals surface area (Å²) in [6, 6.07) is 4.93. The molecular formula is C20H24F3N3O4. The lowest BCUT2D eigenvalue weighted by molar-refractivity contribution is -0.274. The largest absolute Gasteiger partial charge is 0.573 e. The average molecular weight is 427 g/mol. The van der Waals surface area contributed by atoms with Gasteiger partial charge in [-0.2, -0.15) is 0 Å². The third kappa shape index (κ3) is 5.64. The van der Waals surface area contributed by atoms with E-state index in [1.807, 2.05) is 0 Å². The highest BCUT2D eigenvalue weighted by molar-refractivity contribution is 5.96. The molecule has 0 unspecified atom stereocenters. The van der Waals surface area contributed by atoms with Gasteiger partial charge in [0.2, 0.25) is 17.7 Å². The van der Waals surface area contributed by atoms with E-state index in [4.69, 9.17) is 0 Å². The Labute approximate surface area is 172 Å². The molecule has 3 amide bonds. The number of carbonyl (C=O) groups excluding carboxylic acids is 3. The molecule has 0 bridgehead atoms. The second-order valence-corrected chi connectivity index (χ2v) is 7.70. The second kappa shape index (κ2) is 8.93. The fraction of sp³-hybridized carbons (Fsp3) is 0.550. The molecule has 1 aliphatic carbocycles. The van der Waals surface area contributed by atoms with Gasteiger partial charge in [-0.25, -0.2) is 0 Å². The number of benzene rings is 1. The van der Waals surface area contributed by atoms with Crippen molar-refractivity contribution in [2.24, 2.45) is 5.92 Å². The van der Waals surface area contributed by atoms with Gasteiger partial charge in [-0.1, -0.05) is 12.8 Å². The number of alkyl halides is 3. The molecule has 164 valence electrons. The van der Waals surface area contributed by atoms with E-state index in [0.29, 0.717) is 6.54 Å². The predicted octanol–water partition coefficient (Wildman–Crippen LogP) is 2.77. The maximum Gasteiger partial charge on any atom is 0.573 e. The maximum atomic E-state index is 12.7. The number of carbonyl (C=O) groups is 3. The van der Waals surface area contributed by atoms with Crippen molar-refractivity contribution < 1.29 is 32.3 Å². The minimum Gasteiger partial charge on any atom is -0.406 e. The van der Waals surface area contributed by atoms with Crippen LogP contribution in [0.25, 0.3) is 0 Å². The van der Waals surface area contributed by atoms with Crippen molar-refractivity contribution in [3.05, 3.63) is 24.3 Å². The zero-order valence-corrected chi connectivity index (χ0v) is 16.6. The van der Waals surface area contributed by atoms with Crippen molar-refractivity contribution >= 4 is 23.4 Å². The molecule has 7 nitrogen and oxygen atoms in total. The van der Waals surface area contributed by atoms with E-state index in [1.54, 1.807) is 4.90 Å². The van der Waals surface area contributed by atoms with Gasteiger partial charge in [0.15, 0.2) is 0 Å². The topological polar surface area (TPSA) is 79.0 Å². The van der Waals surface area contributed by atoms with E-state index >= 15 is 0 Å². The van der Waals surface area contributed by atoms with E-state index in [0.717, 1.165) is 37.8 Å². The number of amides is 3. The fourth-order valence-corrected chi connectivity index (χ4v) is 4.01. The Morgan fingerprint density at radius 1 is 1.20 bits per heavy atom. The van der Waals surface area contributed by atoms with Gasteiger partial charge in [-0.15, -0.1) is 13.2 Å². The van der Waals surface area contributed by atoms with Gasteiger partial charge in [0.1, 0.15) is 5.75 Å². The number of likely N-dealkylation sites (tertiary alicyclic amines) is 1. The molecule has 1 N–H and O–H groups in total. The summed E-state index contributed by atoms with van der Waals surface area (Å²) in [5.74, 6) is -1.64. The molecule has 0 spiro atoms. The van der Waals surface area contributed by atoms with Crippen LogP contribution in [0.15, 0.2) is 24.3 Å². The molecule has 10 heteroatoms. The molecule has 2 aliphatic rings. The van der Waals surface area contributed by atoms with Crippen LogP contribution in [0.1, 0.15) is 32.1 Å². The molecule has 1 aliphatic heterocycles. The molecule has 3 rings (SSSR count). The van der Waals surface area contributed by atoms with Crippen LogP contribution in [0, 0.1) is 5.92 Å². The highest BCUT2D eigenvalue weighted by atomic mass is 19.4. The molecule has 1 heterocycles. The quantitative estimate of drug-likeness (QED) is 0.757. The number of ether oxygens (including phenoxy) is 1. The zero-order chi connectivity index (χ0) is 21.9. The standard InChI is InChI=1S/C20H24F3N3O4/c1-25(19(29)13-10-18(28)26(11-13)15-4-2-3-5-15)12-17(27)24-14-6-8-16(9-7-14)30-20(21,22)23/h6-9,13,15H,2-5,10-12H2,1H3,(H,24,27)/t13-/m0/s1. The summed E-state index contributed by atoms with van der Waals surface area (Å²) in [5.41, 5.74) is 0.277. The van der Waals surface area contributed by atoms with Gasteiger partial charge in [0, 0.05) is 31.7 Å². The van der Waals surface area contributed by atoms with Crippen LogP contribution in [-0.4, -0.2) is 60.1 Å². The molecule has 30 heavy (non-hydrogen) atoms. The van der Waals surface area contributed by atoms with E-state index in [9.17, 15) is 27.6 Å². The summed E-state index contributed by atoms with van der Waals surface area (Å²) in [5, 5.41) is 2.52. The number of hydrogen-bond acceptors (Lipinski definition) is 4. The zero-order valence-electron chi connectivity index (χ0n) is 16.6. The van der Waals surface area contributed by atoms with Crippen LogP contribution in [0.5, 0.6) is 5.75 Å². The first-order valence-electron chi connectivity index (χ1n) is 9.82. The molecular weight excluding hydrogens is 403 g/mol. The summed E-state index contributed by atoms with van der Waals surface area (Å²) < 4.78 is 40.3. The number of rotatable bonds is 6. The lowest BCUT2D eigenvalue weighted by atomic mass is 10.1. The van der Waals surface area contributed by atoms with E-state index in [2.05, 4.69) is 10.1 Å². The smallest absolute Gasteiger partial charge is 0.406 e. The van der Waals surface area contributed by atoms with Gasteiger partial charge >= 0.3 is 6.36 Å². The van der Waals surface area contributed by atoms with Crippen LogP contribution >= 0.6 is 0 Å². The Kier molecular flexibility index (Phi) is 6.52. The number of likely N-dealkylation sites (N-methyl/N-ethyl adjacent to an activating group) is 1. The number of halogens is 3. The van der Waals surface area contributed by atoms with Crippen LogP contribution in [0.4, 0.5) is 18.9 Å². The Hall–Kier alpha value is -2.78. The molecule has 2 fully saturated rings. The summed E-state index contributed by atoms with van der Waals surface area (Å²) >= 11 is 0. The predicted molar refractivity (Wildman–Crippen MR) is 101 cm³/mol. The Morgan fingerprint density at radius 2 is 1.83 bits per heavy atom. The summed E-state index contributed by atoms with van der Waals surface area (Å²) in [6.45, 7) is 0.155. The van der Waals surface area contributed by atoms with Crippen molar-refractivity contribution in [2.45, 2.75) is 44.5 Å². The van der Waals surface area contributed by atoms with Gasteiger partial charge in [0.25, 0.3) is 0 Å². The maximum absolute atomic E-state index is 12.7. The second-order valence-electron chi connectivity index (χ2n) is 7.70. The summed E-state index contributed by atoms with van der Waals surface area (Å²) in [7, 11) is 1.49. The first kappa shape index (κ1) is 21.9. The summed E-state index contributed by atoms with van der Waals surface area (Å²) in [4.78, 5) is 40.2. The van der Waals surface area contributed by atoms with Crippen molar-refractivity contribution in [3.63, 3.8) is 0 Å². The van der Waals surface area contributed by atoms with Gasteiger partial charge in [-0.05, 0) is 37.1 Å². The van der Waals surface area contributed by atoms with Gasteiger partial charge < -0.3 is 19.9 Å². The van der Waals surface area contributed by atoms with Crippen molar-refractivity contribution in [1.29, 1.82) is 0 Å². The highest BCUT2D eigenvalue weighted by Gasteiger charge is 2.39. The first-order valence-corrected chi connectivity index (χ1v) is 9.82. The SMILES string of the molecule is CN(CC(=O)Nc1ccc(OC(F)(F)F)cc1)C(=O)[C@H]1CC(=O)N(C2CCCC2)C1. The van der Waals surface area contributed by atoms with Crippen molar-refractivity contribution in [3.8, 4) is 5.75 Å². The minimum absolute atomic E-state index is 0.0146. The van der Waals surface area contributed by atoms with Crippen LogP contribution in [-0.2, 0) is 14.4 Å². The number of nitrogens with zero attached hydrogens (tertiary/aromatic N) is 2. The minimum atomic E-state index is -4.79. The number of hydrogen-bond donors (Lipinski definition) is 1. The average Bonchev–Trinajstić information content (AvgIpc) is 3.30. The van der Waals surface area contributed by atoms with Crippen LogP contribution in [0.2, 0.25) is 0 Å². The van der Waals surface area contributed by atoms with Gasteiger partial charge in [0.05, 0.1) is 12.5 Å². The van der Waals surface area contributed by atoms with E-state index in [1.165, 1.54) is 24.1 Å². The lowest BCUT2D eigenvalue weighted by Gasteiger charge is -2.25. The van der Waals surface area contributed by atoms with Gasteiger partial charge in [-0.3, -0.25) is 14.4 Å². The van der Waals surface area contributed by atoms with Crippen molar-refractivity contribution in [2.75, 3.05) is 25.5 Å². The third-order valence-corrected chi connectivity index (χ3v) is 5.40. The normalized spacial score (nSPS) is 19.8. The summed E-state index contributed by atoms with van der Waals surface area (Å²) in [6.07, 6.45) is -0.507. The molecule has 1 saturated carbocycles. The molecule has 1 aromatic carbocycles. The number of anilines is 1. The Balaban J connectivity index is 1.49. The molecule has 1 atom stereocenters. The lowest BCUT2D eigenvalue weighted by Crippen LogP contribution is -2.40. The van der Waals surface area contributed by atoms with Crippen LogP contribution < -0.4 is 10.1 Å². The molecule has 0 aromatic heterocycles. The van der Waals surface area contributed by atoms with E-state index < -0.39 is 23.9 Å². The monoisotopic (exact) mass is 427 g/mol. The molecule has 1 aromatic rings. The fourth-order valence-electron chi connectivity index (χ4n) is 4.01. The first-order chi connectivity index (χ1) is 14.1. The Morgan fingerprint density at radius 3 is 2.43 bits per heavy atom.